The summed E-state index contributed by atoms with van der Waals surface area (Å²) >= 11 is 0. The molecule has 136 valence electrons. The molecule has 6 heteroatoms. The molecule has 1 N–H and O–H groups in total. The van der Waals surface area contributed by atoms with Crippen molar-refractivity contribution in [2.75, 3.05) is 0 Å². The Kier molecular flexibility index (Phi) is 3.46. The fraction of sp³-hybridized carbons (Fsp3) is 0.600. The van der Waals surface area contributed by atoms with Crippen LogP contribution in [0.1, 0.15) is 49.9 Å². The van der Waals surface area contributed by atoms with E-state index in [9.17, 15) is 4.79 Å². The van der Waals surface area contributed by atoms with Crippen molar-refractivity contribution < 1.29 is 4.79 Å². The summed E-state index contributed by atoms with van der Waals surface area (Å²) in [6, 6.07) is 5.95. The molecular weight excluding hydrogens is 326 g/mol. The third-order valence-corrected chi connectivity index (χ3v) is 6.79. The fourth-order valence-electron chi connectivity index (χ4n) is 6.26. The fourth-order valence-corrected chi connectivity index (χ4v) is 6.26. The van der Waals surface area contributed by atoms with Crippen molar-refractivity contribution in [1.29, 1.82) is 0 Å². The van der Waals surface area contributed by atoms with Crippen LogP contribution in [0.2, 0.25) is 0 Å². The molecule has 4 aliphatic rings. The number of aromatic nitrogens is 4. The number of carbonyl (C=O) groups is 1. The van der Waals surface area contributed by atoms with Crippen LogP contribution in [0.25, 0.3) is 0 Å². The summed E-state index contributed by atoms with van der Waals surface area (Å²) in [6.45, 7) is 2.49. The molecule has 2 aromatic heterocycles. The standard InChI is InChI=1S/C20H25N5O/c1-14-3-2-4-17(24-14)10-22-18(26)19-6-15-5-16(7-19)9-20(8-15,11-19)25-13-21-12-23-25/h2-4,12-13,15-16H,5-11H2,1H3,(H,22,26)/t15-,16+,19?,20?. The largest absolute Gasteiger partial charge is 0.350 e. The topological polar surface area (TPSA) is 72.7 Å². The lowest BCUT2D eigenvalue weighted by Gasteiger charge is -2.60. The quantitative estimate of drug-likeness (QED) is 0.919. The van der Waals surface area contributed by atoms with Gasteiger partial charge in [0.15, 0.2) is 0 Å². The molecule has 0 aromatic carbocycles. The molecule has 4 aliphatic carbocycles. The lowest BCUT2D eigenvalue weighted by atomic mass is 9.46. The first-order valence-corrected chi connectivity index (χ1v) is 9.63. The van der Waals surface area contributed by atoms with Crippen molar-refractivity contribution in [3.8, 4) is 0 Å². The van der Waals surface area contributed by atoms with Crippen molar-refractivity contribution in [3.63, 3.8) is 0 Å². The molecule has 2 heterocycles. The monoisotopic (exact) mass is 351 g/mol. The van der Waals surface area contributed by atoms with Crippen LogP contribution < -0.4 is 5.32 Å². The van der Waals surface area contributed by atoms with E-state index in [0.717, 1.165) is 43.5 Å². The summed E-state index contributed by atoms with van der Waals surface area (Å²) < 4.78 is 2.05. The number of nitrogens with one attached hydrogen (secondary N) is 1. The lowest BCUT2D eigenvalue weighted by Crippen LogP contribution is -2.61. The Balaban J connectivity index is 1.39. The summed E-state index contributed by atoms with van der Waals surface area (Å²) in [5.74, 6) is 1.46. The van der Waals surface area contributed by atoms with Gasteiger partial charge in [-0.3, -0.25) is 9.78 Å². The molecule has 4 fully saturated rings. The van der Waals surface area contributed by atoms with Crippen LogP contribution in [0, 0.1) is 24.2 Å². The molecular formula is C20H25N5O. The normalized spacial score (nSPS) is 34.8. The molecule has 4 atom stereocenters. The van der Waals surface area contributed by atoms with Crippen molar-refractivity contribution in [2.24, 2.45) is 17.3 Å². The highest BCUT2D eigenvalue weighted by Gasteiger charge is 2.61. The molecule has 4 bridgehead atoms. The third-order valence-electron chi connectivity index (χ3n) is 6.79. The second kappa shape index (κ2) is 5.63. The van der Waals surface area contributed by atoms with Crippen LogP contribution in [0.3, 0.4) is 0 Å². The summed E-state index contributed by atoms with van der Waals surface area (Å²) in [4.78, 5) is 22.0. The van der Waals surface area contributed by atoms with Gasteiger partial charge in [-0.15, -0.1) is 0 Å². The molecule has 2 aromatic rings. The maximum Gasteiger partial charge on any atom is 0.226 e. The Bertz CT molecular complexity index is 816. The van der Waals surface area contributed by atoms with Crippen LogP contribution in [0.15, 0.2) is 30.9 Å². The zero-order valence-electron chi connectivity index (χ0n) is 15.2. The van der Waals surface area contributed by atoms with E-state index >= 15 is 0 Å². The Hall–Kier alpha value is -2.24. The van der Waals surface area contributed by atoms with Crippen molar-refractivity contribution >= 4 is 5.91 Å². The SMILES string of the molecule is Cc1cccc(CNC(=O)C23C[C@H]4C[C@@H](C2)CC(n2cncn2)(C4)C3)n1. The molecule has 2 unspecified atom stereocenters. The van der Waals surface area contributed by atoms with Crippen molar-refractivity contribution in [1.82, 2.24) is 25.1 Å². The van der Waals surface area contributed by atoms with Crippen LogP contribution >= 0.6 is 0 Å². The number of nitrogens with zero attached hydrogens (tertiary/aromatic N) is 4. The number of amides is 1. The van der Waals surface area contributed by atoms with Gasteiger partial charge >= 0.3 is 0 Å². The molecule has 4 saturated carbocycles. The second-order valence-corrected chi connectivity index (χ2v) is 8.76. The zero-order chi connectivity index (χ0) is 17.8. The molecule has 0 radical (unpaired) electrons. The number of rotatable bonds is 4. The number of pyridine rings is 1. The molecule has 6 rings (SSSR count). The van der Waals surface area contributed by atoms with E-state index in [0.29, 0.717) is 18.4 Å². The van der Waals surface area contributed by atoms with E-state index in [4.69, 9.17) is 0 Å². The van der Waals surface area contributed by atoms with E-state index in [1.807, 2.05) is 31.5 Å². The molecule has 0 aliphatic heterocycles. The number of hydrogen-bond acceptors (Lipinski definition) is 4. The zero-order valence-corrected chi connectivity index (χ0v) is 15.2. The van der Waals surface area contributed by atoms with Crippen LogP contribution in [-0.4, -0.2) is 25.7 Å². The van der Waals surface area contributed by atoms with Crippen LogP contribution in [0.5, 0.6) is 0 Å². The van der Waals surface area contributed by atoms with Gasteiger partial charge in [-0.2, -0.15) is 5.10 Å². The Labute approximate surface area is 153 Å². The first-order chi connectivity index (χ1) is 12.6. The Morgan fingerprint density at radius 3 is 2.77 bits per heavy atom. The van der Waals surface area contributed by atoms with Crippen molar-refractivity contribution in [2.45, 2.75) is 57.5 Å². The average molecular weight is 351 g/mol. The smallest absolute Gasteiger partial charge is 0.226 e. The molecule has 1 amide bonds. The predicted octanol–water partition coefficient (Wildman–Crippen LogP) is 2.59. The second-order valence-electron chi connectivity index (χ2n) is 8.76. The minimum Gasteiger partial charge on any atom is -0.350 e. The first-order valence-electron chi connectivity index (χ1n) is 9.63. The summed E-state index contributed by atoms with van der Waals surface area (Å²) in [7, 11) is 0. The van der Waals surface area contributed by atoms with Gasteiger partial charge < -0.3 is 5.32 Å². The number of carbonyl (C=O) groups excluding carboxylic acids is 1. The first kappa shape index (κ1) is 16.0. The highest BCUT2D eigenvalue weighted by atomic mass is 16.2. The van der Waals surface area contributed by atoms with E-state index in [-0.39, 0.29) is 16.9 Å². The van der Waals surface area contributed by atoms with Crippen LogP contribution in [0.4, 0.5) is 0 Å². The molecule has 6 nitrogen and oxygen atoms in total. The van der Waals surface area contributed by atoms with Gasteiger partial charge in [0, 0.05) is 5.69 Å². The summed E-state index contributed by atoms with van der Waals surface area (Å²) in [6.07, 6.45) is 9.95. The van der Waals surface area contributed by atoms with E-state index in [1.54, 1.807) is 6.33 Å². The van der Waals surface area contributed by atoms with E-state index in [1.165, 1.54) is 6.42 Å². The van der Waals surface area contributed by atoms with Gasteiger partial charge in [-0.05, 0) is 69.4 Å². The Morgan fingerprint density at radius 1 is 1.27 bits per heavy atom. The highest BCUT2D eigenvalue weighted by molar-refractivity contribution is 5.83. The van der Waals surface area contributed by atoms with Crippen LogP contribution in [-0.2, 0) is 16.9 Å². The van der Waals surface area contributed by atoms with Gasteiger partial charge in [0.1, 0.15) is 12.7 Å². The molecule has 26 heavy (non-hydrogen) atoms. The van der Waals surface area contributed by atoms with Gasteiger partial charge in [0.2, 0.25) is 5.91 Å². The Morgan fingerprint density at radius 2 is 2.08 bits per heavy atom. The lowest BCUT2D eigenvalue weighted by molar-refractivity contribution is -0.156. The number of hydrogen-bond donors (Lipinski definition) is 1. The van der Waals surface area contributed by atoms with E-state index in [2.05, 4.69) is 25.1 Å². The number of aryl methyl sites for hydroxylation is 1. The third kappa shape index (κ3) is 2.46. The maximum absolute atomic E-state index is 13.3. The average Bonchev–Trinajstić information content (AvgIpc) is 3.14. The summed E-state index contributed by atoms with van der Waals surface area (Å²) in [5, 5.41) is 7.66. The van der Waals surface area contributed by atoms with E-state index < -0.39 is 0 Å². The van der Waals surface area contributed by atoms with Crippen molar-refractivity contribution in [3.05, 3.63) is 42.2 Å². The van der Waals surface area contributed by atoms with Gasteiger partial charge in [-0.25, -0.2) is 9.67 Å². The predicted molar refractivity (Wildman–Crippen MR) is 95.9 cm³/mol. The molecule has 0 spiro atoms. The van der Waals surface area contributed by atoms with Gasteiger partial charge in [0.25, 0.3) is 0 Å². The summed E-state index contributed by atoms with van der Waals surface area (Å²) in [5.41, 5.74) is 1.64. The maximum atomic E-state index is 13.3. The van der Waals surface area contributed by atoms with Gasteiger partial charge in [-0.1, -0.05) is 6.07 Å². The highest BCUT2D eigenvalue weighted by Crippen LogP contribution is 2.64. The minimum atomic E-state index is -0.250. The minimum absolute atomic E-state index is 0.0144. The molecule has 0 saturated heterocycles. The van der Waals surface area contributed by atoms with Gasteiger partial charge in [0.05, 0.1) is 23.2 Å².